The number of nitrogens with two attached hydrogens (primary N) is 1. The predicted molar refractivity (Wildman–Crippen MR) is 124 cm³/mol. The third kappa shape index (κ3) is 13.6. The zero-order valence-corrected chi connectivity index (χ0v) is 19.7. The molecule has 0 radical (unpaired) electrons. The molecular formula is C24H39N3O5. The van der Waals surface area contributed by atoms with Gasteiger partial charge in [0, 0.05) is 13.0 Å². The molecule has 0 aromatic heterocycles. The first-order valence-electron chi connectivity index (χ1n) is 11.4. The lowest BCUT2D eigenvalue weighted by Gasteiger charge is -2.19. The molecule has 4 N–H and O–H groups in total. The van der Waals surface area contributed by atoms with Gasteiger partial charge in [-0.15, -0.1) is 0 Å². The van der Waals surface area contributed by atoms with Crippen LogP contribution in [0.3, 0.4) is 0 Å². The smallest absolute Gasteiger partial charge is 0.408 e. The summed E-state index contributed by atoms with van der Waals surface area (Å²) in [6, 6.07) is 8.68. The van der Waals surface area contributed by atoms with Crippen LogP contribution >= 0.6 is 0 Å². The number of amides is 2. The number of carbonyl (C=O) groups is 3. The molecule has 0 saturated carbocycles. The molecule has 1 aromatic carbocycles. The molecule has 0 bridgehead atoms. The normalized spacial score (nSPS) is 12.0. The largest absolute Gasteiger partial charge is 0.460 e. The fourth-order valence-electron chi connectivity index (χ4n) is 2.97. The molecule has 0 aliphatic rings. The van der Waals surface area contributed by atoms with Crippen molar-refractivity contribution in [1.82, 2.24) is 10.6 Å². The maximum absolute atomic E-state index is 12.6. The van der Waals surface area contributed by atoms with Crippen molar-refractivity contribution in [1.29, 1.82) is 0 Å². The molecule has 8 nitrogen and oxygen atoms in total. The molecule has 0 spiro atoms. The average Bonchev–Trinajstić information content (AvgIpc) is 2.73. The van der Waals surface area contributed by atoms with Crippen LogP contribution < -0.4 is 16.4 Å². The van der Waals surface area contributed by atoms with Crippen molar-refractivity contribution in [2.75, 3.05) is 13.1 Å². The molecule has 1 rings (SSSR count). The van der Waals surface area contributed by atoms with Crippen LogP contribution in [-0.2, 0) is 25.7 Å². The molecule has 0 aliphatic carbocycles. The minimum Gasteiger partial charge on any atom is -0.460 e. The van der Waals surface area contributed by atoms with E-state index in [1.54, 1.807) is 0 Å². The third-order valence-corrected chi connectivity index (χ3v) is 4.55. The van der Waals surface area contributed by atoms with Crippen LogP contribution in [0.1, 0.15) is 71.3 Å². The van der Waals surface area contributed by atoms with Gasteiger partial charge in [-0.1, -0.05) is 36.8 Å². The van der Waals surface area contributed by atoms with Gasteiger partial charge in [0.1, 0.15) is 18.2 Å². The molecule has 2 amide bonds. The molecule has 1 atom stereocenters. The number of nitrogens with one attached hydrogen (secondary N) is 2. The van der Waals surface area contributed by atoms with E-state index in [4.69, 9.17) is 15.2 Å². The van der Waals surface area contributed by atoms with Gasteiger partial charge in [-0.25, -0.2) is 4.79 Å². The first-order valence-corrected chi connectivity index (χ1v) is 11.4. The number of rotatable bonds is 14. The number of esters is 1. The van der Waals surface area contributed by atoms with Gasteiger partial charge in [-0.2, -0.15) is 0 Å². The van der Waals surface area contributed by atoms with E-state index in [1.807, 2.05) is 51.1 Å². The molecule has 0 saturated heterocycles. The summed E-state index contributed by atoms with van der Waals surface area (Å²) >= 11 is 0. The van der Waals surface area contributed by atoms with Gasteiger partial charge < -0.3 is 25.8 Å². The Hall–Kier alpha value is -2.61. The van der Waals surface area contributed by atoms with E-state index in [1.165, 1.54) is 0 Å². The molecule has 0 fully saturated rings. The minimum atomic E-state index is -0.674. The summed E-state index contributed by atoms with van der Waals surface area (Å²) in [4.78, 5) is 36.4. The highest BCUT2D eigenvalue weighted by Gasteiger charge is 2.21. The first-order chi connectivity index (χ1) is 15.2. The zero-order valence-electron chi connectivity index (χ0n) is 19.7. The van der Waals surface area contributed by atoms with Gasteiger partial charge >= 0.3 is 12.1 Å². The number of hydrogen-bond donors (Lipinski definition) is 3. The SMILES string of the molecule is CC(C)(C)OC(=O)CCCCCNC(=O)[C@H](CCCCN)NC(=O)OCc1ccccc1. The quantitative estimate of drug-likeness (QED) is 0.296. The van der Waals surface area contributed by atoms with E-state index in [0.717, 1.165) is 31.2 Å². The van der Waals surface area contributed by atoms with Crippen molar-refractivity contribution < 1.29 is 23.9 Å². The fourth-order valence-corrected chi connectivity index (χ4v) is 2.97. The van der Waals surface area contributed by atoms with Gasteiger partial charge in [0.05, 0.1) is 0 Å². The van der Waals surface area contributed by atoms with E-state index in [-0.39, 0.29) is 18.5 Å². The Kier molecular flexibility index (Phi) is 13.1. The second-order valence-corrected chi connectivity index (χ2v) is 8.73. The first kappa shape index (κ1) is 27.4. The van der Waals surface area contributed by atoms with Crippen molar-refractivity contribution in [3.05, 3.63) is 35.9 Å². The van der Waals surface area contributed by atoms with Gasteiger partial charge in [-0.05, 0) is 65.0 Å². The van der Waals surface area contributed by atoms with Crippen LogP contribution in [0.2, 0.25) is 0 Å². The Morgan fingerprint density at radius 3 is 2.38 bits per heavy atom. The standard InChI is InChI=1S/C24H39N3O5/c1-24(2,3)32-21(28)15-8-5-11-17-26-22(29)20(14-9-10-16-25)27-23(30)31-18-19-12-6-4-7-13-19/h4,6-7,12-13,20H,5,8-11,14-18,25H2,1-3H3,(H,26,29)(H,27,30)/t20-/m0/s1. The second-order valence-electron chi connectivity index (χ2n) is 8.73. The Labute approximate surface area is 191 Å². The predicted octanol–water partition coefficient (Wildman–Crippen LogP) is 3.43. The van der Waals surface area contributed by atoms with Gasteiger partial charge in [0.2, 0.25) is 5.91 Å². The van der Waals surface area contributed by atoms with Crippen molar-refractivity contribution in [3.63, 3.8) is 0 Å². The summed E-state index contributed by atoms with van der Waals surface area (Å²) in [6.45, 7) is 6.68. The summed E-state index contributed by atoms with van der Waals surface area (Å²) in [7, 11) is 0. The Morgan fingerprint density at radius 1 is 1.00 bits per heavy atom. The van der Waals surface area contributed by atoms with E-state index in [2.05, 4.69) is 10.6 Å². The van der Waals surface area contributed by atoms with Gasteiger partial charge in [0.15, 0.2) is 0 Å². The molecular weight excluding hydrogens is 410 g/mol. The summed E-state index contributed by atoms with van der Waals surface area (Å²) in [5.74, 6) is -0.453. The lowest BCUT2D eigenvalue weighted by molar-refractivity contribution is -0.154. The fraction of sp³-hybridized carbons (Fsp3) is 0.625. The summed E-state index contributed by atoms with van der Waals surface area (Å²) in [5, 5.41) is 5.52. The number of unbranched alkanes of at least 4 members (excludes halogenated alkanes) is 3. The lowest BCUT2D eigenvalue weighted by Crippen LogP contribution is -2.47. The van der Waals surface area contributed by atoms with Crippen molar-refractivity contribution in [2.24, 2.45) is 5.73 Å². The van der Waals surface area contributed by atoms with Crippen LogP contribution in [0.15, 0.2) is 30.3 Å². The molecule has 0 heterocycles. The Morgan fingerprint density at radius 2 is 1.72 bits per heavy atom. The van der Waals surface area contributed by atoms with Gasteiger partial charge in [0.25, 0.3) is 0 Å². The highest BCUT2D eigenvalue weighted by Crippen LogP contribution is 2.10. The monoisotopic (exact) mass is 449 g/mol. The van der Waals surface area contributed by atoms with Crippen LogP contribution in [0.5, 0.6) is 0 Å². The second kappa shape index (κ2) is 15.2. The topological polar surface area (TPSA) is 120 Å². The number of hydrogen-bond acceptors (Lipinski definition) is 6. The molecule has 8 heteroatoms. The molecule has 0 aliphatic heterocycles. The maximum atomic E-state index is 12.6. The average molecular weight is 450 g/mol. The van der Waals surface area contributed by atoms with Crippen LogP contribution in [0.25, 0.3) is 0 Å². The number of ether oxygens (including phenoxy) is 2. The van der Waals surface area contributed by atoms with Crippen LogP contribution in [-0.4, -0.2) is 42.7 Å². The Balaban J connectivity index is 2.34. The van der Waals surface area contributed by atoms with Crippen molar-refractivity contribution in [3.8, 4) is 0 Å². The van der Waals surface area contributed by atoms with Crippen LogP contribution in [0, 0.1) is 0 Å². The van der Waals surface area contributed by atoms with Gasteiger partial charge in [-0.3, -0.25) is 9.59 Å². The summed E-state index contributed by atoms with van der Waals surface area (Å²) in [6.07, 6.45) is 3.96. The molecule has 180 valence electrons. The highest BCUT2D eigenvalue weighted by atomic mass is 16.6. The number of carbonyl (C=O) groups excluding carboxylic acids is 3. The third-order valence-electron chi connectivity index (χ3n) is 4.55. The Bertz CT molecular complexity index is 689. The number of alkyl carbamates (subject to hydrolysis) is 1. The lowest BCUT2D eigenvalue weighted by atomic mass is 10.1. The summed E-state index contributed by atoms with van der Waals surface area (Å²) in [5.41, 5.74) is 5.94. The maximum Gasteiger partial charge on any atom is 0.408 e. The van der Waals surface area contributed by atoms with E-state index >= 15 is 0 Å². The van der Waals surface area contributed by atoms with E-state index in [9.17, 15) is 14.4 Å². The molecule has 32 heavy (non-hydrogen) atoms. The van der Waals surface area contributed by atoms with Crippen molar-refractivity contribution in [2.45, 2.75) is 84.0 Å². The summed E-state index contributed by atoms with van der Waals surface area (Å²) < 4.78 is 10.5. The van der Waals surface area contributed by atoms with E-state index < -0.39 is 17.7 Å². The molecule has 1 aromatic rings. The highest BCUT2D eigenvalue weighted by molar-refractivity contribution is 5.85. The van der Waals surface area contributed by atoms with Crippen LogP contribution in [0.4, 0.5) is 4.79 Å². The zero-order chi connectivity index (χ0) is 23.8. The molecule has 0 unspecified atom stereocenters. The van der Waals surface area contributed by atoms with Crippen molar-refractivity contribution >= 4 is 18.0 Å². The van der Waals surface area contributed by atoms with E-state index in [0.29, 0.717) is 32.4 Å². The number of benzene rings is 1. The minimum absolute atomic E-state index is 0.140.